The lowest BCUT2D eigenvalue weighted by molar-refractivity contribution is 0.0779. The Morgan fingerprint density at radius 3 is 3.06 bits per heavy atom. The molecule has 1 saturated heterocycles. The summed E-state index contributed by atoms with van der Waals surface area (Å²) in [5, 5.41) is 3.39. The molecule has 18 heavy (non-hydrogen) atoms. The van der Waals surface area contributed by atoms with Crippen LogP contribution in [0.2, 0.25) is 0 Å². The van der Waals surface area contributed by atoms with E-state index in [2.05, 4.69) is 28.3 Å². The quantitative estimate of drug-likeness (QED) is 0.813. The maximum atomic E-state index is 5.52. The summed E-state index contributed by atoms with van der Waals surface area (Å²) in [5.41, 5.74) is 2.15. The van der Waals surface area contributed by atoms with Gasteiger partial charge in [0.25, 0.3) is 0 Å². The van der Waals surface area contributed by atoms with Crippen LogP contribution in [0.15, 0.2) is 6.07 Å². The van der Waals surface area contributed by atoms with Crippen molar-refractivity contribution >= 4 is 0 Å². The average Bonchev–Trinajstić information content (AvgIpc) is 2.39. The van der Waals surface area contributed by atoms with Crippen LogP contribution in [0.1, 0.15) is 49.3 Å². The first kappa shape index (κ1) is 13.4. The van der Waals surface area contributed by atoms with Crippen LogP contribution in [0.5, 0.6) is 0 Å². The third-order valence-corrected chi connectivity index (χ3v) is 3.18. The molecule has 0 amide bonds. The van der Waals surface area contributed by atoms with Gasteiger partial charge in [-0.25, -0.2) is 9.97 Å². The third-order valence-electron chi connectivity index (χ3n) is 3.18. The molecule has 1 unspecified atom stereocenters. The molecule has 0 saturated carbocycles. The van der Waals surface area contributed by atoms with Gasteiger partial charge in [-0.15, -0.1) is 0 Å². The Hall–Kier alpha value is -1.00. The zero-order valence-electron chi connectivity index (χ0n) is 11.4. The van der Waals surface area contributed by atoms with Crippen molar-refractivity contribution in [1.82, 2.24) is 15.3 Å². The highest BCUT2D eigenvalue weighted by Gasteiger charge is 2.19. The van der Waals surface area contributed by atoms with Crippen LogP contribution in [0.4, 0.5) is 0 Å². The van der Waals surface area contributed by atoms with Crippen LogP contribution < -0.4 is 5.32 Å². The molecule has 1 aliphatic heterocycles. The van der Waals surface area contributed by atoms with Crippen molar-refractivity contribution in [3.63, 3.8) is 0 Å². The van der Waals surface area contributed by atoms with E-state index in [0.29, 0.717) is 5.92 Å². The van der Waals surface area contributed by atoms with E-state index in [1.54, 1.807) is 0 Å². The van der Waals surface area contributed by atoms with Crippen molar-refractivity contribution in [2.24, 2.45) is 0 Å². The first-order chi connectivity index (χ1) is 8.79. The molecule has 4 nitrogen and oxygen atoms in total. The van der Waals surface area contributed by atoms with Crippen LogP contribution in [0.25, 0.3) is 0 Å². The molecule has 1 aromatic rings. The fourth-order valence-electron chi connectivity index (χ4n) is 2.27. The first-order valence-corrected chi connectivity index (χ1v) is 6.92. The number of aromatic nitrogens is 2. The Labute approximate surface area is 109 Å². The molecule has 0 radical (unpaired) electrons. The van der Waals surface area contributed by atoms with E-state index in [-0.39, 0.29) is 0 Å². The molecule has 4 heteroatoms. The largest absolute Gasteiger partial charge is 0.381 e. The van der Waals surface area contributed by atoms with Gasteiger partial charge in [0.2, 0.25) is 0 Å². The van der Waals surface area contributed by atoms with Crippen molar-refractivity contribution in [2.75, 3.05) is 19.8 Å². The Morgan fingerprint density at radius 1 is 1.44 bits per heavy atom. The Kier molecular flexibility index (Phi) is 5.08. The Morgan fingerprint density at radius 2 is 2.33 bits per heavy atom. The summed E-state index contributed by atoms with van der Waals surface area (Å²) in [6.45, 7) is 7.72. The molecule has 0 aliphatic carbocycles. The van der Waals surface area contributed by atoms with Gasteiger partial charge >= 0.3 is 0 Å². The van der Waals surface area contributed by atoms with Gasteiger partial charge in [-0.3, -0.25) is 0 Å². The predicted molar refractivity (Wildman–Crippen MR) is 71.6 cm³/mol. The van der Waals surface area contributed by atoms with Gasteiger partial charge in [0.1, 0.15) is 5.82 Å². The van der Waals surface area contributed by atoms with Crippen LogP contribution in [-0.2, 0) is 11.3 Å². The van der Waals surface area contributed by atoms with Gasteiger partial charge in [-0.2, -0.15) is 0 Å². The number of nitrogens with zero attached hydrogens (tertiary/aromatic N) is 2. The van der Waals surface area contributed by atoms with Gasteiger partial charge < -0.3 is 10.1 Å². The number of hydrogen-bond donors (Lipinski definition) is 1. The molecule has 1 fully saturated rings. The Bertz CT molecular complexity index is 375. The maximum Gasteiger partial charge on any atom is 0.134 e. The smallest absolute Gasteiger partial charge is 0.134 e. The highest BCUT2D eigenvalue weighted by molar-refractivity contribution is 5.12. The van der Waals surface area contributed by atoms with Crippen LogP contribution in [0.3, 0.4) is 0 Å². The molecule has 1 aromatic heterocycles. The molecule has 2 heterocycles. The van der Waals surface area contributed by atoms with Gasteiger partial charge in [-0.1, -0.05) is 6.92 Å². The first-order valence-electron chi connectivity index (χ1n) is 6.92. The van der Waals surface area contributed by atoms with Crippen LogP contribution >= 0.6 is 0 Å². The second-order valence-electron chi connectivity index (χ2n) is 4.95. The fraction of sp³-hybridized carbons (Fsp3) is 0.714. The molecule has 0 spiro atoms. The SMILES string of the molecule is CCCNCc1cc(C)nc(C2CCCOC2)n1. The van der Waals surface area contributed by atoms with E-state index >= 15 is 0 Å². The molecule has 1 aliphatic rings. The molecule has 2 rings (SSSR count). The summed E-state index contributed by atoms with van der Waals surface area (Å²) in [6, 6.07) is 2.07. The summed E-state index contributed by atoms with van der Waals surface area (Å²) >= 11 is 0. The lowest BCUT2D eigenvalue weighted by Gasteiger charge is -2.21. The molecular weight excluding hydrogens is 226 g/mol. The topological polar surface area (TPSA) is 47.0 Å². The summed E-state index contributed by atoms with van der Waals surface area (Å²) in [4.78, 5) is 9.24. The zero-order chi connectivity index (χ0) is 12.8. The van der Waals surface area contributed by atoms with E-state index in [1.807, 2.05) is 6.92 Å². The van der Waals surface area contributed by atoms with Crippen molar-refractivity contribution in [2.45, 2.75) is 45.6 Å². The van der Waals surface area contributed by atoms with Crippen molar-refractivity contribution in [1.29, 1.82) is 0 Å². The molecule has 1 N–H and O–H groups in total. The van der Waals surface area contributed by atoms with Gasteiger partial charge in [-0.05, 0) is 38.8 Å². The summed E-state index contributed by atoms with van der Waals surface area (Å²) in [7, 11) is 0. The van der Waals surface area contributed by atoms with Crippen molar-refractivity contribution in [3.8, 4) is 0 Å². The lowest BCUT2D eigenvalue weighted by Crippen LogP contribution is -2.20. The third kappa shape index (κ3) is 3.75. The maximum absolute atomic E-state index is 5.52. The van der Waals surface area contributed by atoms with Crippen molar-refractivity contribution < 1.29 is 4.74 Å². The Balaban J connectivity index is 2.05. The van der Waals surface area contributed by atoms with E-state index in [0.717, 1.165) is 62.8 Å². The second kappa shape index (κ2) is 6.81. The summed E-state index contributed by atoms with van der Waals surface area (Å²) < 4.78 is 5.52. The minimum atomic E-state index is 0.378. The van der Waals surface area contributed by atoms with Gasteiger partial charge in [0, 0.05) is 24.8 Å². The number of hydrogen-bond acceptors (Lipinski definition) is 4. The van der Waals surface area contributed by atoms with E-state index in [1.165, 1.54) is 0 Å². The second-order valence-corrected chi connectivity index (χ2v) is 4.95. The highest BCUT2D eigenvalue weighted by Crippen LogP contribution is 2.22. The monoisotopic (exact) mass is 249 g/mol. The molecular formula is C14H23N3O. The number of ether oxygens (including phenoxy) is 1. The van der Waals surface area contributed by atoms with Crippen LogP contribution in [0, 0.1) is 6.92 Å². The average molecular weight is 249 g/mol. The number of aryl methyl sites for hydroxylation is 1. The van der Waals surface area contributed by atoms with E-state index in [4.69, 9.17) is 4.74 Å². The van der Waals surface area contributed by atoms with Gasteiger partial charge in [0.05, 0.1) is 12.3 Å². The zero-order valence-corrected chi connectivity index (χ0v) is 11.4. The van der Waals surface area contributed by atoms with Gasteiger partial charge in [0.15, 0.2) is 0 Å². The minimum Gasteiger partial charge on any atom is -0.381 e. The van der Waals surface area contributed by atoms with E-state index < -0.39 is 0 Å². The molecule has 1 atom stereocenters. The minimum absolute atomic E-state index is 0.378. The van der Waals surface area contributed by atoms with E-state index in [9.17, 15) is 0 Å². The standard InChI is InChI=1S/C14H23N3O/c1-3-6-15-9-13-8-11(2)16-14(17-13)12-5-4-7-18-10-12/h8,12,15H,3-7,9-10H2,1-2H3. The number of nitrogens with one attached hydrogen (secondary N) is 1. The predicted octanol–water partition coefficient (Wildman–Crippen LogP) is 2.18. The molecule has 0 aromatic carbocycles. The summed E-state index contributed by atoms with van der Waals surface area (Å²) in [5.74, 6) is 1.34. The summed E-state index contributed by atoms with van der Waals surface area (Å²) in [6.07, 6.45) is 3.41. The molecule has 100 valence electrons. The normalized spacial score (nSPS) is 20.0. The van der Waals surface area contributed by atoms with Crippen molar-refractivity contribution in [3.05, 3.63) is 23.3 Å². The molecule has 0 bridgehead atoms. The number of rotatable bonds is 5. The highest BCUT2D eigenvalue weighted by atomic mass is 16.5. The fourth-order valence-corrected chi connectivity index (χ4v) is 2.27. The van der Waals surface area contributed by atoms with Crippen LogP contribution in [-0.4, -0.2) is 29.7 Å². The lowest BCUT2D eigenvalue weighted by atomic mass is 10.0.